The van der Waals surface area contributed by atoms with Crippen LogP contribution in [0.15, 0.2) is 30.3 Å². The van der Waals surface area contributed by atoms with Crippen molar-refractivity contribution in [2.24, 2.45) is 0 Å². The number of carbonyl (C=O) groups is 1. The lowest BCUT2D eigenvalue weighted by Crippen LogP contribution is -1.93. The van der Waals surface area contributed by atoms with Gasteiger partial charge in [0.1, 0.15) is 12.0 Å². The average Bonchev–Trinajstić information content (AvgIpc) is 2.35. The van der Waals surface area contributed by atoms with Crippen LogP contribution in [0.1, 0.15) is 12.0 Å². The Kier molecular flexibility index (Phi) is 3.64. The van der Waals surface area contributed by atoms with Crippen LogP contribution < -0.4 is 4.74 Å². The van der Waals surface area contributed by atoms with Crippen LogP contribution in [0, 0.1) is 0 Å². The number of aldehydes is 1. The first-order chi connectivity index (χ1) is 8.24. The van der Waals surface area contributed by atoms with Crippen LogP contribution in [0.5, 0.6) is 5.75 Å². The third kappa shape index (κ3) is 2.59. The third-order valence-electron chi connectivity index (χ3n) is 2.73. The van der Waals surface area contributed by atoms with Crippen molar-refractivity contribution in [1.29, 1.82) is 0 Å². The van der Waals surface area contributed by atoms with Gasteiger partial charge in [-0.05, 0) is 47.0 Å². The molecule has 0 saturated carbocycles. The fourth-order valence-electron chi connectivity index (χ4n) is 1.89. The van der Waals surface area contributed by atoms with E-state index in [0.29, 0.717) is 17.9 Å². The smallest absolute Gasteiger partial charge is 0.122 e. The highest BCUT2D eigenvalue weighted by Gasteiger charge is 2.05. The van der Waals surface area contributed by atoms with Gasteiger partial charge in [-0.15, -0.1) is 0 Å². The van der Waals surface area contributed by atoms with Crippen LogP contribution >= 0.6 is 11.6 Å². The van der Waals surface area contributed by atoms with Gasteiger partial charge in [0, 0.05) is 11.4 Å². The first kappa shape index (κ1) is 11.9. The molecule has 0 fully saturated rings. The van der Waals surface area contributed by atoms with Gasteiger partial charge in [0.05, 0.1) is 7.11 Å². The van der Waals surface area contributed by atoms with Gasteiger partial charge in [0.15, 0.2) is 0 Å². The fraction of sp³-hybridized carbons (Fsp3) is 0.214. The second kappa shape index (κ2) is 5.19. The molecule has 2 aromatic carbocycles. The summed E-state index contributed by atoms with van der Waals surface area (Å²) >= 11 is 5.96. The van der Waals surface area contributed by atoms with Crippen molar-refractivity contribution in [3.63, 3.8) is 0 Å². The summed E-state index contributed by atoms with van der Waals surface area (Å²) in [5, 5.41) is 2.87. The molecule has 0 radical (unpaired) electrons. The van der Waals surface area contributed by atoms with Crippen molar-refractivity contribution in [3.8, 4) is 5.75 Å². The van der Waals surface area contributed by atoms with E-state index in [4.69, 9.17) is 16.3 Å². The molecule has 0 aliphatic rings. The number of methoxy groups -OCH3 is 1. The van der Waals surface area contributed by atoms with Crippen molar-refractivity contribution in [2.75, 3.05) is 7.11 Å². The molecule has 0 aromatic heterocycles. The highest BCUT2D eigenvalue weighted by Crippen LogP contribution is 2.28. The van der Waals surface area contributed by atoms with E-state index >= 15 is 0 Å². The minimum atomic E-state index is 0.502. The fourth-order valence-corrected chi connectivity index (χ4v) is 2.08. The molecule has 0 heterocycles. The van der Waals surface area contributed by atoms with Crippen LogP contribution in [-0.4, -0.2) is 13.4 Å². The van der Waals surface area contributed by atoms with E-state index in [1.807, 2.05) is 30.3 Å². The highest BCUT2D eigenvalue weighted by atomic mass is 35.5. The van der Waals surface area contributed by atoms with E-state index in [0.717, 1.165) is 28.4 Å². The molecule has 0 aliphatic carbocycles. The number of ether oxygens (including phenoxy) is 1. The molecule has 0 atom stereocenters. The third-order valence-corrected chi connectivity index (χ3v) is 2.97. The van der Waals surface area contributed by atoms with Crippen LogP contribution in [0.4, 0.5) is 0 Å². The summed E-state index contributed by atoms with van der Waals surface area (Å²) in [5.41, 5.74) is 1.04. The number of halogens is 1. The van der Waals surface area contributed by atoms with Crippen molar-refractivity contribution in [2.45, 2.75) is 12.8 Å². The van der Waals surface area contributed by atoms with E-state index in [2.05, 4.69) is 0 Å². The quantitative estimate of drug-likeness (QED) is 0.773. The van der Waals surface area contributed by atoms with Crippen LogP contribution in [-0.2, 0) is 11.2 Å². The van der Waals surface area contributed by atoms with Gasteiger partial charge in [-0.3, -0.25) is 0 Å². The first-order valence-corrected chi connectivity index (χ1v) is 5.82. The highest BCUT2D eigenvalue weighted by molar-refractivity contribution is 6.31. The maximum Gasteiger partial charge on any atom is 0.122 e. The zero-order chi connectivity index (χ0) is 12.3. The van der Waals surface area contributed by atoms with Crippen LogP contribution in [0.3, 0.4) is 0 Å². The van der Waals surface area contributed by atoms with E-state index in [-0.39, 0.29) is 0 Å². The van der Waals surface area contributed by atoms with Crippen LogP contribution in [0.2, 0.25) is 5.02 Å². The first-order valence-electron chi connectivity index (χ1n) is 5.44. The molecule has 2 rings (SSSR count). The zero-order valence-electron chi connectivity index (χ0n) is 9.57. The van der Waals surface area contributed by atoms with E-state index < -0.39 is 0 Å². The molecule has 3 heteroatoms. The minimum Gasteiger partial charge on any atom is -0.496 e. The number of hydrogen-bond acceptors (Lipinski definition) is 2. The number of carbonyl (C=O) groups excluding carboxylic acids is 1. The SMILES string of the molecule is COc1cc2ccc(Cl)cc2cc1CCC=O. The average molecular weight is 249 g/mol. The number of fused-ring (bicyclic) bond motifs is 1. The summed E-state index contributed by atoms with van der Waals surface area (Å²) < 4.78 is 5.33. The topological polar surface area (TPSA) is 26.3 Å². The van der Waals surface area contributed by atoms with E-state index in [1.54, 1.807) is 7.11 Å². The monoisotopic (exact) mass is 248 g/mol. The molecule has 0 bridgehead atoms. The van der Waals surface area contributed by atoms with Gasteiger partial charge in [0.25, 0.3) is 0 Å². The normalized spacial score (nSPS) is 10.5. The number of rotatable bonds is 4. The van der Waals surface area contributed by atoms with Crippen LogP contribution in [0.25, 0.3) is 10.8 Å². The molecule has 2 nitrogen and oxygen atoms in total. The Hall–Kier alpha value is -1.54. The lowest BCUT2D eigenvalue weighted by molar-refractivity contribution is -0.107. The molecule has 0 aliphatic heterocycles. The summed E-state index contributed by atoms with van der Waals surface area (Å²) in [6.07, 6.45) is 2.11. The maximum absolute atomic E-state index is 10.4. The van der Waals surface area contributed by atoms with Gasteiger partial charge < -0.3 is 9.53 Å². The Labute approximate surface area is 105 Å². The summed E-state index contributed by atoms with van der Waals surface area (Å²) in [6.45, 7) is 0. The number of aryl methyl sites for hydroxylation is 1. The standard InChI is InChI=1S/C14H13ClO2/c1-17-14-9-10-4-5-13(15)8-12(10)7-11(14)3-2-6-16/h4-9H,2-3H2,1H3. The second-order valence-electron chi connectivity index (χ2n) is 3.86. The van der Waals surface area contributed by atoms with Crippen molar-refractivity contribution < 1.29 is 9.53 Å². The lowest BCUT2D eigenvalue weighted by Gasteiger charge is -2.09. The summed E-state index contributed by atoms with van der Waals surface area (Å²) in [4.78, 5) is 10.4. The van der Waals surface area contributed by atoms with Gasteiger partial charge >= 0.3 is 0 Å². The Bertz CT molecular complexity index is 549. The maximum atomic E-state index is 10.4. The van der Waals surface area contributed by atoms with Gasteiger partial charge in [0.2, 0.25) is 0 Å². The Balaban J connectivity index is 2.52. The molecule has 0 saturated heterocycles. The lowest BCUT2D eigenvalue weighted by atomic mass is 10.0. The second-order valence-corrected chi connectivity index (χ2v) is 4.30. The predicted octanol–water partition coefficient (Wildman–Crippen LogP) is 3.63. The molecular formula is C14H13ClO2. The molecule has 88 valence electrons. The summed E-state index contributed by atoms with van der Waals surface area (Å²) in [7, 11) is 1.64. The number of hydrogen-bond donors (Lipinski definition) is 0. The molecule has 0 N–H and O–H groups in total. The Morgan fingerprint density at radius 2 is 2.06 bits per heavy atom. The van der Waals surface area contributed by atoms with Crippen molar-refractivity contribution in [3.05, 3.63) is 40.9 Å². The molecule has 0 unspecified atom stereocenters. The van der Waals surface area contributed by atoms with Crippen molar-refractivity contribution >= 4 is 28.7 Å². The Morgan fingerprint density at radius 3 is 2.76 bits per heavy atom. The molecule has 17 heavy (non-hydrogen) atoms. The van der Waals surface area contributed by atoms with Gasteiger partial charge in [-0.25, -0.2) is 0 Å². The van der Waals surface area contributed by atoms with E-state index in [9.17, 15) is 4.79 Å². The zero-order valence-corrected chi connectivity index (χ0v) is 10.3. The summed E-state index contributed by atoms with van der Waals surface area (Å²) in [5.74, 6) is 0.821. The molecule has 2 aromatic rings. The number of benzene rings is 2. The molecule has 0 spiro atoms. The molecular weight excluding hydrogens is 236 g/mol. The largest absolute Gasteiger partial charge is 0.496 e. The van der Waals surface area contributed by atoms with Gasteiger partial charge in [-0.1, -0.05) is 17.7 Å². The molecule has 0 amide bonds. The van der Waals surface area contributed by atoms with Crippen molar-refractivity contribution in [1.82, 2.24) is 0 Å². The predicted molar refractivity (Wildman–Crippen MR) is 69.9 cm³/mol. The van der Waals surface area contributed by atoms with Gasteiger partial charge in [-0.2, -0.15) is 0 Å². The minimum absolute atomic E-state index is 0.502. The van der Waals surface area contributed by atoms with E-state index in [1.165, 1.54) is 0 Å². The Morgan fingerprint density at radius 1 is 1.24 bits per heavy atom. The summed E-state index contributed by atoms with van der Waals surface area (Å²) in [6, 6.07) is 9.74.